The normalized spacial score (nSPS) is 18.2. The standard InChI is InChI=1S/C11H20N2O2/c1-8(2)10(14)7-9-3-5-13(6-4-9)11(12)15/h8-9H,3-7H2,1-2H3,(H2,12,15). The second kappa shape index (κ2) is 5.14. The van der Waals surface area contributed by atoms with Crippen LogP contribution in [0.1, 0.15) is 33.1 Å². The Balaban J connectivity index is 2.32. The topological polar surface area (TPSA) is 63.4 Å². The first-order chi connectivity index (χ1) is 7.00. The smallest absolute Gasteiger partial charge is 0.314 e. The summed E-state index contributed by atoms with van der Waals surface area (Å²) in [7, 11) is 0. The van der Waals surface area contributed by atoms with Crippen molar-refractivity contribution in [3.05, 3.63) is 0 Å². The SMILES string of the molecule is CC(C)C(=O)CC1CCN(C(N)=O)CC1. The largest absolute Gasteiger partial charge is 0.351 e. The molecule has 86 valence electrons. The molecule has 0 unspecified atom stereocenters. The van der Waals surface area contributed by atoms with Gasteiger partial charge in [-0.1, -0.05) is 13.8 Å². The molecule has 1 saturated heterocycles. The molecule has 0 saturated carbocycles. The van der Waals surface area contributed by atoms with Crippen LogP contribution in [0.2, 0.25) is 0 Å². The van der Waals surface area contributed by atoms with Crippen LogP contribution in [0.25, 0.3) is 0 Å². The molecule has 0 spiro atoms. The number of primary amides is 1. The van der Waals surface area contributed by atoms with E-state index in [1.165, 1.54) is 0 Å². The minimum Gasteiger partial charge on any atom is -0.351 e. The van der Waals surface area contributed by atoms with Gasteiger partial charge in [0.15, 0.2) is 0 Å². The molecule has 1 aliphatic rings. The monoisotopic (exact) mass is 212 g/mol. The Hall–Kier alpha value is -1.06. The van der Waals surface area contributed by atoms with E-state index in [1.54, 1.807) is 4.90 Å². The highest BCUT2D eigenvalue weighted by Gasteiger charge is 2.23. The van der Waals surface area contributed by atoms with E-state index in [2.05, 4.69) is 0 Å². The van der Waals surface area contributed by atoms with Crippen molar-refractivity contribution in [2.24, 2.45) is 17.6 Å². The van der Waals surface area contributed by atoms with Crippen LogP contribution in [-0.2, 0) is 4.79 Å². The fraction of sp³-hybridized carbons (Fsp3) is 0.818. The highest BCUT2D eigenvalue weighted by Crippen LogP contribution is 2.21. The van der Waals surface area contributed by atoms with E-state index in [1.807, 2.05) is 13.8 Å². The number of ketones is 1. The number of hydrogen-bond donors (Lipinski definition) is 1. The number of urea groups is 1. The van der Waals surface area contributed by atoms with Gasteiger partial charge in [0.2, 0.25) is 0 Å². The molecule has 0 aromatic rings. The molecule has 0 aliphatic carbocycles. The van der Waals surface area contributed by atoms with E-state index < -0.39 is 0 Å². The van der Waals surface area contributed by atoms with Crippen LogP contribution in [0.3, 0.4) is 0 Å². The predicted molar refractivity (Wildman–Crippen MR) is 58.3 cm³/mol. The van der Waals surface area contributed by atoms with Crippen molar-refractivity contribution in [1.82, 2.24) is 4.90 Å². The van der Waals surface area contributed by atoms with Gasteiger partial charge in [-0.05, 0) is 18.8 Å². The summed E-state index contributed by atoms with van der Waals surface area (Å²) in [5.41, 5.74) is 5.18. The first-order valence-corrected chi connectivity index (χ1v) is 5.57. The lowest BCUT2D eigenvalue weighted by molar-refractivity contribution is -0.123. The maximum Gasteiger partial charge on any atom is 0.314 e. The number of carbonyl (C=O) groups excluding carboxylic acids is 2. The summed E-state index contributed by atoms with van der Waals surface area (Å²) in [5.74, 6) is 0.891. The molecule has 2 amide bonds. The van der Waals surface area contributed by atoms with Gasteiger partial charge in [0.1, 0.15) is 5.78 Å². The Morgan fingerprint density at radius 3 is 2.27 bits per heavy atom. The second-order valence-electron chi connectivity index (χ2n) is 4.59. The molecule has 2 N–H and O–H groups in total. The average molecular weight is 212 g/mol. The molecule has 0 bridgehead atoms. The number of rotatable bonds is 3. The highest BCUT2D eigenvalue weighted by atomic mass is 16.2. The van der Waals surface area contributed by atoms with Gasteiger partial charge in [0, 0.05) is 25.4 Å². The lowest BCUT2D eigenvalue weighted by Crippen LogP contribution is -2.42. The summed E-state index contributed by atoms with van der Waals surface area (Å²) < 4.78 is 0. The first-order valence-electron chi connectivity index (χ1n) is 5.57. The Bertz CT molecular complexity index is 243. The van der Waals surface area contributed by atoms with Gasteiger partial charge in [-0.3, -0.25) is 4.79 Å². The fourth-order valence-corrected chi connectivity index (χ4v) is 1.88. The van der Waals surface area contributed by atoms with Crippen LogP contribution in [-0.4, -0.2) is 29.8 Å². The minimum atomic E-state index is -0.344. The van der Waals surface area contributed by atoms with E-state index in [0.29, 0.717) is 31.2 Å². The van der Waals surface area contributed by atoms with E-state index in [4.69, 9.17) is 5.73 Å². The molecule has 0 aromatic carbocycles. The number of piperidine rings is 1. The van der Waals surface area contributed by atoms with Gasteiger partial charge in [-0.2, -0.15) is 0 Å². The Morgan fingerprint density at radius 1 is 1.33 bits per heavy atom. The van der Waals surface area contributed by atoms with Gasteiger partial charge in [0.25, 0.3) is 0 Å². The maximum atomic E-state index is 11.5. The lowest BCUT2D eigenvalue weighted by Gasteiger charge is -2.30. The molecule has 0 aromatic heterocycles. The van der Waals surface area contributed by atoms with Crippen molar-refractivity contribution < 1.29 is 9.59 Å². The quantitative estimate of drug-likeness (QED) is 0.768. The number of carbonyl (C=O) groups is 2. The van der Waals surface area contributed by atoms with Crippen LogP contribution >= 0.6 is 0 Å². The molecule has 15 heavy (non-hydrogen) atoms. The van der Waals surface area contributed by atoms with Gasteiger partial charge in [-0.25, -0.2) is 4.79 Å². The number of hydrogen-bond acceptors (Lipinski definition) is 2. The summed E-state index contributed by atoms with van der Waals surface area (Å²) in [5, 5.41) is 0. The molecular weight excluding hydrogens is 192 g/mol. The molecule has 4 heteroatoms. The maximum absolute atomic E-state index is 11.5. The Labute approximate surface area is 90.8 Å². The van der Waals surface area contributed by atoms with Crippen LogP contribution in [0.15, 0.2) is 0 Å². The van der Waals surface area contributed by atoms with Crippen molar-refractivity contribution in [2.75, 3.05) is 13.1 Å². The highest BCUT2D eigenvalue weighted by molar-refractivity contribution is 5.80. The Kier molecular flexibility index (Phi) is 4.12. The fourth-order valence-electron chi connectivity index (χ4n) is 1.88. The molecular formula is C11H20N2O2. The summed E-state index contributed by atoms with van der Waals surface area (Å²) in [4.78, 5) is 24.0. The number of nitrogens with zero attached hydrogens (tertiary/aromatic N) is 1. The van der Waals surface area contributed by atoms with Gasteiger partial charge in [0.05, 0.1) is 0 Å². The molecule has 0 atom stereocenters. The van der Waals surface area contributed by atoms with E-state index >= 15 is 0 Å². The second-order valence-corrected chi connectivity index (χ2v) is 4.59. The third-order valence-corrected chi connectivity index (χ3v) is 3.06. The van der Waals surface area contributed by atoms with Crippen LogP contribution < -0.4 is 5.73 Å². The average Bonchev–Trinajstić information content (AvgIpc) is 2.18. The summed E-state index contributed by atoms with van der Waals surface area (Å²) >= 11 is 0. The van der Waals surface area contributed by atoms with Crippen LogP contribution in [0, 0.1) is 11.8 Å². The lowest BCUT2D eigenvalue weighted by atomic mass is 9.89. The van der Waals surface area contributed by atoms with Crippen molar-refractivity contribution in [2.45, 2.75) is 33.1 Å². The molecule has 1 rings (SSSR count). The van der Waals surface area contributed by atoms with Gasteiger partial charge in [-0.15, -0.1) is 0 Å². The molecule has 0 radical (unpaired) electrons. The van der Waals surface area contributed by atoms with Crippen LogP contribution in [0.4, 0.5) is 4.79 Å². The van der Waals surface area contributed by atoms with E-state index in [9.17, 15) is 9.59 Å². The molecule has 1 fully saturated rings. The molecule has 1 aliphatic heterocycles. The van der Waals surface area contributed by atoms with E-state index in [-0.39, 0.29) is 11.9 Å². The van der Waals surface area contributed by atoms with Gasteiger partial charge < -0.3 is 10.6 Å². The third kappa shape index (κ3) is 3.53. The number of nitrogens with two attached hydrogens (primary N) is 1. The van der Waals surface area contributed by atoms with Crippen molar-refractivity contribution in [3.8, 4) is 0 Å². The summed E-state index contributed by atoms with van der Waals surface area (Å²) in [6, 6.07) is -0.344. The van der Waals surface area contributed by atoms with Crippen molar-refractivity contribution in [1.29, 1.82) is 0 Å². The summed E-state index contributed by atoms with van der Waals surface area (Å²) in [6.07, 6.45) is 2.47. The van der Waals surface area contributed by atoms with Crippen LogP contribution in [0.5, 0.6) is 0 Å². The molecule has 1 heterocycles. The van der Waals surface area contributed by atoms with Gasteiger partial charge >= 0.3 is 6.03 Å². The number of amides is 2. The number of likely N-dealkylation sites (tertiary alicyclic amines) is 1. The van der Waals surface area contributed by atoms with E-state index in [0.717, 1.165) is 12.8 Å². The molecule has 4 nitrogen and oxygen atoms in total. The van der Waals surface area contributed by atoms with Crippen molar-refractivity contribution in [3.63, 3.8) is 0 Å². The zero-order valence-electron chi connectivity index (χ0n) is 9.53. The van der Waals surface area contributed by atoms with Crippen molar-refractivity contribution >= 4 is 11.8 Å². The third-order valence-electron chi connectivity index (χ3n) is 3.06. The summed E-state index contributed by atoms with van der Waals surface area (Å²) in [6.45, 7) is 5.26. The number of Topliss-reactive ketones (excluding diaryl/α,β-unsaturated/α-hetero) is 1. The zero-order chi connectivity index (χ0) is 11.4. The first kappa shape index (κ1) is 12.0. The zero-order valence-corrected chi connectivity index (χ0v) is 9.53. The predicted octanol–water partition coefficient (Wildman–Crippen LogP) is 1.39. The minimum absolute atomic E-state index is 0.124. The Morgan fingerprint density at radius 2 is 1.87 bits per heavy atom.